The van der Waals surface area contributed by atoms with E-state index < -0.39 is 0 Å². The molecule has 0 radical (unpaired) electrons. The van der Waals surface area contributed by atoms with Crippen molar-refractivity contribution in [1.82, 2.24) is 25.2 Å². The third-order valence-corrected chi connectivity index (χ3v) is 7.57. The Morgan fingerprint density at radius 3 is 2.53 bits per heavy atom. The summed E-state index contributed by atoms with van der Waals surface area (Å²) in [4.78, 5) is 12.9. The zero-order chi connectivity index (χ0) is 19.9. The second-order valence-corrected chi connectivity index (χ2v) is 9.68. The highest BCUT2D eigenvalue weighted by atomic mass is 127. The Labute approximate surface area is 202 Å². The highest BCUT2D eigenvalue weighted by molar-refractivity contribution is 14.0. The summed E-state index contributed by atoms with van der Waals surface area (Å²) >= 11 is 2.10. The van der Waals surface area contributed by atoms with Crippen LogP contribution in [0.2, 0.25) is 0 Å². The summed E-state index contributed by atoms with van der Waals surface area (Å²) in [5.74, 6) is 3.66. The fourth-order valence-electron chi connectivity index (χ4n) is 4.96. The van der Waals surface area contributed by atoms with Gasteiger partial charge in [0, 0.05) is 75.5 Å². The van der Waals surface area contributed by atoms with Crippen molar-refractivity contribution < 1.29 is 4.52 Å². The van der Waals surface area contributed by atoms with Gasteiger partial charge in [0.25, 0.3) is 0 Å². The molecule has 1 aromatic rings. The standard InChI is InChI=1S/C21H36N6OS.HI/c1-2-22-20(26-10-8-25(9-11-26)17-19-5-14-28-24-19)23-18-21(6-3-4-7-21)27-12-15-29-16-13-27;/h5,14H,2-4,6-13,15-18H2,1H3,(H,22,23);1H. The van der Waals surface area contributed by atoms with E-state index in [0.29, 0.717) is 5.54 Å². The van der Waals surface area contributed by atoms with E-state index in [1.165, 1.54) is 50.3 Å². The fraction of sp³-hybridized carbons (Fsp3) is 0.810. The van der Waals surface area contributed by atoms with E-state index in [4.69, 9.17) is 9.52 Å². The minimum Gasteiger partial charge on any atom is -0.364 e. The molecular formula is C21H37IN6OS. The highest BCUT2D eigenvalue weighted by Gasteiger charge is 2.40. The topological polar surface area (TPSA) is 60.1 Å². The van der Waals surface area contributed by atoms with Crippen LogP contribution < -0.4 is 5.32 Å². The van der Waals surface area contributed by atoms with Crippen LogP contribution in [0.25, 0.3) is 0 Å². The molecule has 0 aromatic carbocycles. The van der Waals surface area contributed by atoms with Crippen LogP contribution in [0.3, 0.4) is 0 Å². The molecule has 1 aromatic heterocycles. The minimum atomic E-state index is 0. The van der Waals surface area contributed by atoms with E-state index in [2.05, 4.69) is 43.9 Å². The van der Waals surface area contributed by atoms with Gasteiger partial charge >= 0.3 is 0 Å². The number of hydrogen-bond acceptors (Lipinski definition) is 6. The molecule has 1 saturated carbocycles. The summed E-state index contributed by atoms with van der Waals surface area (Å²) in [5.41, 5.74) is 1.32. The van der Waals surface area contributed by atoms with E-state index in [0.717, 1.165) is 57.5 Å². The lowest BCUT2D eigenvalue weighted by atomic mass is 9.95. The third-order valence-electron chi connectivity index (χ3n) is 6.62. The lowest BCUT2D eigenvalue weighted by Gasteiger charge is -2.43. The van der Waals surface area contributed by atoms with E-state index in [1.807, 2.05) is 6.07 Å². The highest BCUT2D eigenvalue weighted by Crippen LogP contribution is 2.37. The first-order valence-corrected chi connectivity index (χ1v) is 12.4. The molecule has 0 atom stereocenters. The first-order chi connectivity index (χ1) is 14.3. The van der Waals surface area contributed by atoms with Crippen LogP contribution in [0.5, 0.6) is 0 Å². The number of piperazine rings is 1. The maximum Gasteiger partial charge on any atom is 0.194 e. The van der Waals surface area contributed by atoms with E-state index in [1.54, 1.807) is 6.26 Å². The van der Waals surface area contributed by atoms with E-state index in [9.17, 15) is 0 Å². The van der Waals surface area contributed by atoms with Gasteiger partial charge in [0.2, 0.25) is 0 Å². The van der Waals surface area contributed by atoms with Crippen LogP contribution in [-0.4, -0.2) is 95.2 Å². The third kappa shape index (κ3) is 6.04. The van der Waals surface area contributed by atoms with Gasteiger partial charge in [-0.15, -0.1) is 24.0 Å². The second kappa shape index (κ2) is 11.9. The Hall–Kier alpha value is -0.520. The van der Waals surface area contributed by atoms with Gasteiger partial charge < -0.3 is 14.7 Å². The zero-order valence-electron chi connectivity index (χ0n) is 18.2. The fourth-order valence-corrected chi connectivity index (χ4v) is 5.86. The van der Waals surface area contributed by atoms with Crippen LogP contribution in [0.4, 0.5) is 0 Å². The monoisotopic (exact) mass is 548 g/mol. The number of rotatable bonds is 6. The molecule has 30 heavy (non-hydrogen) atoms. The predicted octanol–water partition coefficient (Wildman–Crippen LogP) is 2.74. The first-order valence-electron chi connectivity index (χ1n) is 11.3. The van der Waals surface area contributed by atoms with Crippen molar-refractivity contribution in [3.05, 3.63) is 18.0 Å². The molecule has 0 amide bonds. The molecule has 0 spiro atoms. The Bertz CT molecular complexity index is 638. The summed E-state index contributed by atoms with van der Waals surface area (Å²) < 4.78 is 4.97. The second-order valence-electron chi connectivity index (χ2n) is 8.46. The van der Waals surface area contributed by atoms with E-state index >= 15 is 0 Å². The largest absolute Gasteiger partial charge is 0.364 e. The van der Waals surface area contributed by atoms with Crippen LogP contribution in [0.1, 0.15) is 38.3 Å². The Morgan fingerprint density at radius 1 is 1.17 bits per heavy atom. The maximum absolute atomic E-state index is 5.20. The predicted molar refractivity (Wildman–Crippen MR) is 135 cm³/mol. The maximum atomic E-state index is 5.20. The van der Waals surface area contributed by atoms with Crippen molar-refractivity contribution >= 4 is 41.7 Å². The van der Waals surface area contributed by atoms with E-state index in [-0.39, 0.29) is 24.0 Å². The number of halogens is 1. The Morgan fingerprint density at radius 2 is 1.90 bits per heavy atom. The normalized spacial score (nSPS) is 23.4. The molecule has 4 rings (SSSR count). The summed E-state index contributed by atoms with van der Waals surface area (Å²) in [6.45, 7) is 11.5. The molecule has 3 aliphatic rings. The molecule has 2 saturated heterocycles. The quantitative estimate of drug-likeness (QED) is 0.334. The van der Waals surface area contributed by atoms with Gasteiger partial charge in [-0.05, 0) is 19.8 Å². The molecule has 0 unspecified atom stereocenters. The van der Waals surface area contributed by atoms with Crippen molar-refractivity contribution in [2.75, 3.05) is 63.9 Å². The van der Waals surface area contributed by atoms with Crippen molar-refractivity contribution in [3.63, 3.8) is 0 Å². The molecule has 170 valence electrons. The molecule has 9 heteroatoms. The summed E-state index contributed by atoms with van der Waals surface area (Å²) in [6, 6.07) is 1.96. The lowest BCUT2D eigenvalue weighted by molar-refractivity contribution is 0.111. The van der Waals surface area contributed by atoms with Gasteiger partial charge in [-0.25, -0.2) is 0 Å². The summed E-state index contributed by atoms with van der Waals surface area (Å²) in [6.07, 6.45) is 6.99. The number of nitrogens with zero attached hydrogens (tertiary/aromatic N) is 5. The minimum absolute atomic E-state index is 0. The number of nitrogens with one attached hydrogen (secondary N) is 1. The average Bonchev–Trinajstić information content (AvgIpc) is 3.45. The smallest absolute Gasteiger partial charge is 0.194 e. The molecule has 7 nitrogen and oxygen atoms in total. The number of guanidine groups is 1. The van der Waals surface area contributed by atoms with Crippen molar-refractivity contribution in [3.8, 4) is 0 Å². The molecule has 0 bridgehead atoms. The molecular weight excluding hydrogens is 511 g/mol. The lowest BCUT2D eigenvalue weighted by Crippen LogP contribution is -2.55. The van der Waals surface area contributed by atoms with Gasteiger partial charge in [0.1, 0.15) is 6.26 Å². The summed E-state index contributed by atoms with van der Waals surface area (Å²) in [7, 11) is 0. The SMILES string of the molecule is CCNC(=NCC1(N2CCSCC2)CCCC1)N1CCN(Cc2ccon2)CC1.I. The molecule has 3 heterocycles. The van der Waals surface area contributed by atoms with Gasteiger partial charge in [-0.3, -0.25) is 14.8 Å². The van der Waals surface area contributed by atoms with Gasteiger partial charge in [0.15, 0.2) is 5.96 Å². The number of hydrogen-bond donors (Lipinski definition) is 1. The van der Waals surface area contributed by atoms with Crippen LogP contribution in [0.15, 0.2) is 21.8 Å². The molecule has 2 aliphatic heterocycles. The van der Waals surface area contributed by atoms with Crippen LogP contribution in [-0.2, 0) is 6.54 Å². The average molecular weight is 549 g/mol. The number of aliphatic imine (C=N–C) groups is 1. The van der Waals surface area contributed by atoms with Gasteiger partial charge in [-0.2, -0.15) is 11.8 Å². The van der Waals surface area contributed by atoms with Crippen LogP contribution in [0, 0.1) is 0 Å². The molecule has 3 fully saturated rings. The first kappa shape index (κ1) is 24.1. The zero-order valence-corrected chi connectivity index (χ0v) is 21.4. The number of aromatic nitrogens is 1. The van der Waals surface area contributed by atoms with Crippen LogP contribution >= 0.6 is 35.7 Å². The van der Waals surface area contributed by atoms with Gasteiger partial charge in [-0.1, -0.05) is 18.0 Å². The van der Waals surface area contributed by atoms with Gasteiger partial charge in [0.05, 0.1) is 12.2 Å². The Balaban J connectivity index is 0.00000256. The van der Waals surface area contributed by atoms with Crippen molar-refractivity contribution in [2.45, 2.75) is 44.7 Å². The number of thioether (sulfide) groups is 1. The van der Waals surface area contributed by atoms with Crippen molar-refractivity contribution in [1.29, 1.82) is 0 Å². The van der Waals surface area contributed by atoms with Crippen molar-refractivity contribution in [2.24, 2.45) is 4.99 Å². The molecule has 1 aliphatic carbocycles. The summed E-state index contributed by atoms with van der Waals surface area (Å²) in [5, 5.41) is 7.61. The molecule has 1 N–H and O–H groups in total. The Kier molecular flexibility index (Phi) is 9.59.